The van der Waals surface area contributed by atoms with Crippen molar-refractivity contribution in [3.8, 4) is 0 Å². The standard InChI is InChI=1S/C34H47N3O7/c1-7-34(17-19-35(20-18-34)31(41)43-24-26-13-9-8-10-14-26)30(40)36(23-29(38)39)21-27-15-11-12-16-28(27)22-37(25(2)3)32(42)44-33(4,5)6/h8-16,25H,7,17-24H2,1-6H3,(H,38,39). The third kappa shape index (κ3) is 9.46. The summed E-state index contributed by atoms with van der Waals surface area (Å²) in [6.07, 6.45) is 0.443. The molecule has 1 aliphatic heterocycles. The van der Waals surface area contributed by atoms with Crippen LogP contribution in [-0.2, 0) is 38.8 Å². The molecule has 2 aromatic rings. The maximum Gasteiger partial charge on any atom is 0.410 e. The number of nitrogens with zero attached hydrogens (tertiary/aromatic N) is 3. The minimum Gasteiger partial charge on any atom is -0.480 e. The lowest BCUT2D eigenvalue weighted by molar-refractivity contribution is -0.152. The smallest absolute Gasteiger partial charge is 0.410 e. The van der Waals surface area contributed by atoms with Crippen LogP contribution in [-0.4, -0.2) is 75.1 Å². The Hall–Kier alpha value is -4.08. The molecule has 0 atom stereocenters. The minimum atomic E-state index is -1.11. The van der Waals surface area contributed by atoms with Crippen LogP contribution in [0.25, 0.3) is 0 Å². The minimum absolute atomic E-state index is 0.0755. The van der Waals surface area contributed by atoms with Gasteiger partial charge in [-0.3, -0.25) is 9.59 Å². The molecule has 0 spiro atoms. The molecule has 3 rings (SSSR count). The Morgan fingerprint density at radius 3 is 2.02 bits per heavy atom. The zero-order valence-electron chi connectivity index (χ0n) is 26.9. The van der Waals surface area contributed by atoms with Gasteiger partial charge in [-0.25, -0.2) is 9.59 Å². The van der Waals surface area contributed by atoms with Crippen molar-refractivity contribution in [1.29, 1.82) is 0 Å². The molecule has 240 valence electrons. The van der Waals surface area contributed by atoms with Gasteiger partial charge in [0.05, 0.1) is 5.41 Å². The molecule has 1 saturated heterocycles. The van der Waals surface area contributed by atoms with Crippen molar-refractivity contribution in [1.82, 2.24) is 14.7 Å². The van der Waals surface area contributed by atoms with E-state index in [2.05, 4.69) is 0 Å². The van der Waals surface area contributed by atoms with E-state index in [1.54, 1.807) is 9.80 Å². The van der Waals surface area contributed by atoms with E-state index >= 15 is 0 Å². The van der Waals surface area contributed by atoms with E-state index < -0.39 is 35.7 Å². The second kappa shape index (κ2) is 15.1. The number of carbonyl (C=O) groups excluding carboxylic acids is 3. The van der Waals surface area contributed by atoms with Crippen LogP contribution in [0.4, 0.5) is 9.59 Å². The molecule has 0 unspecified atom stereocenters. The highest BCUT2D eigenvalue weighted by molar-refractivity contribution is 5.86. The van der Waals surface area contributed by atoms with Gasteiger partial charge in [0, 0.05) is 32.2 Å². The molecular weight excluding hydrogens is 562 g/mol. The predicted molar refractivity (Wildman–Crippen MR) is 167 cm³/mol. The summed E-state index contributed by atoms with van der Waals surface area (Å²) in [6.45, 7) is 11.9. The van der Waals surface area contributed by atoms with Gasteiger partial charge in [-0.05, 0) is 70.6 Å². The Morgan fingerprint density at radius 1 is 0.932 bits per heavy atom. The maximum absolute atomic E-state index is 14.1. The van der Waals surface area contributed by atoms with Gasteiger partial charge >= 0.3 is 18.2 Å². The maximum atomic E-state index is 14.1. The van der Waals surface area contributed by atoms with E-state index in [0.29, 0.717) is 32.4 Å². The molecular formula is C34H47N3O7. The van der Waals surface area contributed by atoms with Crippen LogP contribution in [0.3, 0.4) is 0 Å². The van der Waals surface area contributed by atoms with Crippen LogP contribution >= 0.6 is 0 Å². The van der Waals surface area contributed by atoms with E-state index in [-0.39, 0.29) is 31.6 Å². The zero-order chi connectivity index (χ0) is 32.5. The van der Waals surface area contributed by atoms with E-state index in [1.165, 1.54) is 4.90 Å². The fraction of sp³-hybridized carbons (Fsp3) is 0.529. The molecule has 10 nitrogen and oxygen atoms in total. The highest BCUT2D eigenvalue weighted by Gasteiger charge is 2.44. The summed E-state index contributed by atoms with van der Waals surface area (Å²) in [4.78, 5) is 56.4. The molecule has 2 aromatic carbocycles. The van der Waals surface area contributed by atoms with Gasteiger partial charge in [-0.2, -0.15) is 0 Å². The molecule has 1 fully saturated rings. The zero-order valence-corrected chi connectivity index (χ0v) is 26.9. The van der Waals surface area contributed by atoms with Crippen molar-refractivity contribution in [2.45, 2.75) is 92.1 Å². The first-order chi connectivity index (χ1) is 20.7. The summed E-state index contributed by atoms with van der Waals surface area (Å²) in [5.41, 5.74) is 0.988. The largest absolute Gasteiger partial charge is 0.480 e. The van der Waals surface area contributed by atoms with Gasteiger partial charge in [0.15, 0.2) is 0 Å². The number of hydrogen-bond acceptors (Lipinski definition) is 6. The number of carboxylic acids is 1. The molecule has 1 aliphatic rings. The van der Waals surface area contributed by atoms with Gasteiger partial charge < -0.3 is 29.3 Å². The highest BCUT2D eigenvalue weighted by atomic mass is 16.6. The number of hydrogen-bond donors (Lipinski definition) is 1. The summed E-state index contributed by atoms with van der Waals surface area (Å²) in [7, 11) is 0. The van der Waals surface area contributed by atoms with Gasteiger partial charge in [-0.15, -0.1) is 0 Å². The van der Waals surface area contributed by atoms with E-state index in [9.17, 15) is 24.3 Å². The first kappa shape index (κ1) is 34.4. The van der Waals surface area contributed by atoms with E-state index in [1.807, 2.05) is 96.1 Å². The summed E-state index contributed by atoms with van der Waals surface area (Å²) in [6, 6.07) is 16.7. The first-order valence-electron chi connectivity index (χ1n) is 15.3. The predicted octanol–water partition coefficient (Wildman–Crippen LogP) is 6.07. The van der Waals surface area contributed by atoms with Crippen molar-refractivity contribution < 1.29 is 33.8 Å². The SMILES string of the molecule is CCC1(C(=O)N(CC(=O)O)Cc2ccccc2CN(C(=O)OC(C)(C)C)C(C)C)CCN(C(=O)OCc2ccccc2)CC1. The molecule has 0 saturated carbocycles. The highest BCUT2D eigenvalue weighted by Crippen LogP contribution is 2.38. The first-order valence-corrected chi connectivity index (χ1v) is 15.3. The average Bonchev–Trinajstić information content (AvgIpc) is 2.97. The van der Waals surface area contributed by atoms with E-state index in [0.717, 1.165) is 16.7 Å². The number of aliphatic carboxylic acids is 1. The van der Waals surface area contributed by atoms with Crippen LogP contribution in [0.2, 0.25) is 0 Å². The Balaban J connectivity index is 1.75. The van der Waals surface area contributed by atoms with Crippen molar-refractivity contribution >= 4 is 24.1 Å². The summed E-state index contributed by atoms with van der Waals surface area (Å²) >= 11 is 0. The number of benzene rings is 2. The molecule has 0 aromatic heterocycles. The van der Waals surface area contributed by atoms with Crippen LogP contribution in [0, 0.1) is 5.41 Å². The molecule has 0 radical (unpaired) electrons. The summed E-state index contributed by atoms with van der Waals surface area (Å²) in [5.74, 6) is -1.36. The normalized spacial score (nSPS) is 14.6. The van der Waals surface area contributed by atoms with Gasteiger partial charge in [0.1, 0.15) is 18.8 Å². The number of likely N-dealkylation sites (tertiary alicyclic amines) is 1. The van der Waals surface area contributed by atoms with Crippen LogP contribution in [0.1, 0.15) is 77.5 Å². The number of piperidine rings is 1. The second-order valence-corrected chi connectivity index (χ2v) is 12.7. The summed E-state index contributed by atoms with van der Waals surface area (Å²) in [5, 5.41) is 9.77. The molecule has 1 heterocycles. The molecule has 0 aliphatic carbocycles. The summed E-state index contributed by atoms with van der Waals surface area (Å²) < 4.78 is 11.1. The topological polar surface area (TPSA) is 117 Å². The lowest BCUT2D eigenvalue weighted by atomic mass is 9.74. The van der Waals surface area contributed by atoms with Crippen molar-refractivity contribution in [3.63, 3.8) is 0 Å². The molecule has 44 heavy (non-hydrogen) atoms. The number of carboxylic acid groups (broad SMARTS) is 1. The fourth-order valence-corrected chi connectivity index (χ4v) is 5.38. The third-order valence-electron chi connectivity index (χ3n) is 8.00. The Bertz CT molecular complexity index is 1280. The van der Waals surface area contributed by atoms with Crippen molar-refractivity contribution in [2.24, 2.45) is 5.41 Å². The van der Waals surface area contributed by atoms with Crippen LogP contribution < -0.4 is 0 Å². The van der Waals surface area contributed by atoms with Gasteiger partial charge in [-0.1, -0.05) is 61.5 Å². The Morgan fingerprint density at radius 2 is 1.50 bits per heavy atom. The van der Waals surface area contributed by atoms with Crippen LogP contribution in [0.5, 0.6) is 0 Å². The monoisotopic (exact) mass is 609 g/mol. The quantitative estimate of drug-likeness (QED) is 0.328. The van der Waals surface area contributed by atoms with Crippen molar-refractivity contribution in [3.05, 3.63) is 71.3 Å². The van der Waals surface area contributed by atoms with Gasteiger partial charge in [0.2, 0.25) is 5.91 Å². The molecule has 1 N–H and O–H groups in total. The second-order valence-electron chi connectivity index (χ2n) is 12.7. The van der Waals surface area contributed by atoms with Crippen molar-refractivity contribution in [2.75, 3.05) is 19.6 Å². The number of ether oxygens (including phenoxy) is 2. The molecule has 0 bridgehead atoms. The lowest BCUT2D eigenvalue weighted by Gasteiger charge is -2.42. The third-order valence-corrected chi connectivity index (χ3v) is 8.00. The van der Waals surface area contributed by atoms with Crippen LogP contribution in [0.15, 0.2) is 54.6 Å². The molecule has 3 amide bonds. The van der Waals surface area contributed by atoms with E-state index in [4.69, 9.17) is 9.47 Å². The average molecular weight is 610 g/mol. The van der Waals surface area contributed by atoms with Gasteiger partial charge in [0.25, 0.3) is 0 Å². The number of amides is 3. The molecule has 10 heteroatoms. The Labute approximate surface area is 260 Å². The fourth-order valence-electron chi connectivity index (χ4n) is 5.38. The number of rotatable bonds is 11. The Kier molecular flexibility index (Phi) is 11.8. The number of carbonyl (C=O) groups is 4. The lowest BCUT2D eigenvalue weighted by Crippen LogP contribution is -2.52.